The van der Waals surface area contributed by atoms with Gasteiger partial charge in [0.05, 0.1) is 0 Å². The standard InChI is InChI=1S/C15H21N3O4/c1-15(2,3)22-14(21)18-8-11(19)12(20)10-7-17-13-9(10)5-4-6-16-13/h4-7,11-12,19-20H,8H2,1-3H3,(H,16,17)(H,18,21). The van der Waals surface area contributed by atoms with Crippen molar-refractivity contribution in [1.82, 2.24) is 15.3 Å². The molecule has 1 amide bonds. The number of nitrogens with one attached hydrogen (secondary N) is 2. The molecule has 2 heterocycles. The van der Waals surface area contributed by atoms with Crippen LogP contribution in [0.25, 0.3) is 11.0 Å². The number of fused-ring (bicyclic) bond motifs is 1. The minimum Gasteiger partial charge on any atom is -0.444 e. The van der Waals surface area contributed by atoms with Crippen LogP contribution < -0.4 is 5.32 Å². The van der Waals surface area contributed by atoms with Gasteiger partial charge in [0.15, 0.2) is 0 Å². The lowest BCUT2D eigenvalue weighted by Gasteiger charge is -2.22. The van der Waals surface area contributed by atoms with Gasteiger partial charge in [-0.15, -0.1) is 0 Å². The molecule has 0 aliphatic heterocycles. The predicted octanol–water partition coefficient (Wildman–Crippen LogP) is 1.48. The summed E-state index contributed by atoms with van der Waals surface area (Å²) < 4.78 is 5.07. The van der Waals surface area contributed by atoms with E-state index in [1.807, 2.05) is 0 Å². The summed E-state index contributed by atoms with van der Waals surface area (Å²) in [4.78, 5) is 18.6. The molecule has 0 radical (unpaired) electrons. The van der Waals surface area contributed by atoms with Gasteiger partial charge in [0.25, 0.3) is 0 Å². The molecular formula is C15H21N3O4. The molecule has 2 rings (SSSR count). The summed E-state index contributed by atoms with van der Waals surface area (Å²) in [6.07, 6.45) is 0.285. The Kier molecular flexibility index (Phi) is 4.68. The number of ether oxygens (including phenoxy) is 1. The quantitative estimate of drug-likeness (QED) is 0.684. The molecule has 0 saturated carbocycles. The van der Waals surface area contributed by atoms with Crippen LogP contribution >= 0.6 is 0 Å². The second kappa shape index (κ2) is 6.33. The Morgan fingerprint density at radius 2 is 2.18 bits per heavy atom. The van der Waals surface area contributed by atoms with Gasteiger partial charge >= 0.3 is 6.09 Å². The van der Waals surface area contributed by atoms with E-state index in [2.05, 4.69) is 15.3 Å². The van der Waals surface area contributed by atoms with Crippen LogP contribution in [0.4, 0.5) is 4.79 Å². The van der Waals surface area contributed by atoms with Gasteiger partial charge in [0.1, 0.15) is 23.5 Å². The normalized spacial score (nSPS) is 14.6. The molecule has 2 unspecified atom stereocenters. The number of pyridine rings is 1. The van der Waals surface area contributed by atoms with Crippen LogP contribution in [0.1, 0.15) is 32.4 Å². The number of aromatic nitrogens is 2. The van der Waals surface area contributed by atoms with Crippen LogP contribution in [0.2, 0.25) is 0 Å². The SMILES string of the molecule is CC(C)(C)OC(=O)NCC(O)C(O)c1c[nH]c2ncccc12. The van der Waals surface area contributed by atoms with Crippen molar-refractivity contribution in [3.8, 4) is 0 Å². The van der Waals surface area contributed by atoms with Crippen LogP contribution in [0.3, 0.4) is 0 Å². The van der Waals surface area contributed by atoms with E-state index < -0.39 is 23.9 Å². The molecule has 2 aromatic heterocycles. The Morgan fingerprint density at radius 3 is 2.86 bits per heavy atom. The highest BCUT2D eigenvalue weighted by molar-refractivity contribution is 5.79. The van der Waals surface area contributed by atoms with E-state index in [1.165, 1.54) is 0 Å². The Hall–Kier alpha value is -2.12. The van der Waals surface area contributed by atoms with E-state index >= 15 is 0 Å². The minimum absolute atomic E-state index is 0.122. The van der Waals surface area contributed by atoms with E-state index in [0.29, 0.717) is 11.2 Å². The second-order valence-electron chi connectivity index (χ2n) is 6.04. The summed E-state index contributed by atoms with van der Waals surface area (Å²) >= 11 is 0. The maximum atomic E-state index is 11.5. The first-order valence-electron chi connectivity index (χ1n) is 7.03. The molecule has 120 valence electrons. The lowest BCUT2D eigenvalue weighted by Crippen LogP contribution is -2.38. The number of amides is 1. The first-order chi connectivity index (χ1) is 10.3. The minimum atomic E-state index is -1.16. The van der Waals surface area contributed by atoms with Crippen LogP contribution in [0.15, 0.2) is 24.5 Å². The third kappa shape index (κ3) is 3.96. The number of aliphatic hydroxyl groups excluding tert-OH is 2. The van der Waals surface area contributed by atoms with E-state index in [1.54, 1.807) is 45.3 Å². The van der Waals surface area contributed by atoms with E-state index in [9.17, 15) is 15.0 Å². The van der Waals surface area contributed by atoms with Crippen molar-refractivity contribution in [3.63, 3.8) is 0 Å². The molecule has 7 nitrogen and oxygen atoms in total. The highest BCUT2D eigenvalue weighted by Gasteiger charge is 2.23. The summed E-state index contributed by atoms with van der Waals surface area (Å²) in [5.74, 6) is 0. The molecule has 4 N–H and O–H groups in total. The lowest BCUT2D eigenvalue weighted by atomic mass is 10.0. The molecule has 0 aromatic carbocycles. The molecule has 2 aromatic rings. The number of nitrogens with zero attached hydrogens (tertiary/aromatic N) is 1. The van der Waals surface area contributed by atoms with Crippen molar-refractivity contribution in [3.05, 3.63) is 30.1 Å². The maximum absolute atomic E-state index is 11.5. The predicted molar refractivity (Wildman–Crippen MR) is 81.3 cm³/mol. The van der Waals surface area contributed by atoms with Gasteiger partial charge in [-0.25, -0.2) is 9.78 Å². The Labute approximate surface area is 128 Å². The number of hydrogen-bond donors (Lipinski definition) is 4. The molecule has 0 aliphatic rings. The Morgan fingerprint density at radius 1 is 1.45 bits per heavy atom. The average molecular weight is 307 g/mol. The summed E-state index contributed by atoms with van der Waals surface area (Å²) in [6.45, 7) is 5.12. The molecule has 22 heavy (non-hydrogen) atoms. The summed E-state index contributed by atoms with van der Waals surface area (Å²) in [7, 11) is 0. The summed E-state index contributed by atoms with van der Waals surface area (Å²) in [5, 5.41) is 23.4. The maximum Gasteiger partial charge on any atom is 0.407 e. The van der Waals surface area contributed by atoms with Crippen LogP contribution in [0.5, 0.6) is 0 Å². The van der Waals surface area contributed by atoms with Gasteiger partial charge in [-0.1, -0.05) is 0 Å². The van der Waals surface area contributed by atoms with Crippen molar-refractivity contribution < 1.29 is 19.7 Å². The van der Waals surface area contributed by atoms with Gasteiger partial charge in [-0.2, -0.15) is 0 Å². The zero-order chi connectivity index (χ0) is 16.3. The largest absolute Gasteiger partial charge is 0.444 e. The third-order valence-corrected chi connectivity index (χ3v) is 3.02. The molecule has 0 spiro atoms. The number of aliphatic hydroxyl groups is 2. The van der Waals surface area contributed by atoms with E-state index in [4.69, 9.17) is 4.74 Å². The number of H-pyrrole nitrogens is 1. The van der Waals surface area contributed by atoms with E-state index in [-0.39, 0.29) is 6.54 Å². The van der Waals surface area contributed by atoms with Gasteiger partial charge in [0, 0.05) is 29.9 Å². The average Bonchev–Trinajstić information content (AvgIpc) is 2.86. The molecule has 2 atom stereocenters. The van der Waals surface area contributed by atoms with Crippen molar-refractivity contribution >= 4 is 17.1 Å². The molecular weight excluding hydrogens is 286 g/mol. The monoisotopic (exact) mass is 307 g/mol. The fourth-order valence-electron chi connectivity index (χ4n) is 2.04. The topological polar surface area (TPSA) is 107 Å². The Balaban J connectivity index is 1.98. The zero-order valence-corrected chi connectivity index (χ0v) is 12.8. The highest BCUT2D eigenvalue weighted by Crippen LogP contribution is 2.24. The molecule has 0 saturated heterocycles. The smallest absolute Gasteiger partial charge is 0.407 e. The van der Waals surface area contributed by atoms with Gasteiger partial charge in [0.2, 0.25) is 0 Å². The van der Waals surface area contributed by atoms with Gasteiger partial charge < -0.3 is 25.3 Å². The van der Waals surface area contributed by atoms with Crippen molar-refractivity contribution in [2.75, 3.05) is 6.54 Å². The van der Waals surface area contributed by atoms with Gasteiger partial charge in [-0.05, 0) is 32.9 Å². The first kappa shape index (κ1) is 16.3. The fraction of sp³-hybridized carbons (Fsp3) is 0.467. The molecule has 0 aliphatic carbocycles. The summed E-state index contributed by atoms with van der Waals surface area (Å²) in [6, 6.07) is 3.54. The van der Waals surface area contributed by atoms with Gasteiger partial charge in [-0.3, -0.25) is 0 Å². The molecule has 0 fully saturated rings. The van der Waals surface area contributed by atoms with E-state index in [0.717, 1.165) is 5.39 Å². The van der Waals surface area contributed by atoms with Crippen molar-refractivity contribution in [1.29, 1.82) is 0 Å². The van der Waals surface area contributed by atoms with Crippen LogP contribution in [-0.2, 0) is 4.74 Å². The third-order valence-electron chi connectivity index (χ3n) is 3.02. The fourth-order valence-corrected chi connectivity index (χ4v) is 2.04. The zero-order valence-electron chi connectivity index (χ0n) is 12.8. The number of carbonyl (C=O) groups excluding carboxylic acids is 1. The number of aromatic amines is 1. The number of rotatable bonds is 4. The molecule has 7 heteroatoms. The van der Waals surface area contributed by atoms with Crippen molar-refractivity contribution in [2.24, 2.45) is 0 Å². The lowest BCUT2D eigenvalue weighted by molar-refractivity contribution is 0.0136. The highest BCUT2D eigenvalue weighted by atomic mass is 16.6. The number of hydrogen-bond acceptors (Lipinski definition) is 5. The number of carbonyl (C=O) groups is 1. The molecule has 0 bridgehead atoms. The summed E-state index contributed by atoms with van der Waals surface area (Å²) in [5.41, 5.74) is 0.543. The van der Waals surface area contributed by atoms with Crippen LogP contribution in [0, 0.1) is 0 Å². The van der Waals surface area contributed by atoms with Crippen LogP contribution in [-0.4, -0.2) is 44.5 Å². The Bertz CT molecular complexity index is 648. The van der Waals surface area contributed by atoms with Crippen molar-refractivity contribution in [2.45, 2.75) is 38.6 Å². The first-order valence-corrected chi connectivity index (χ1v) is 7.03. The second-order valence-corrected chi connectivity index (χ2v) is 6.04. The number of alkyl carbamates (subject to hydrolysis) is 1.